The van der Waals surface area contributed by atoms with E-state index in [9.17, 15) is 10.1 Å². The molecule has 0 bridgehead atoms. The van der Waals surface area contributed by atoms with Crippen LogP contribution in [0.25, 0.3) is 5.69 Å². The van der Waals surface area contributed by atoms with Gasteiger partial charge in [-0.05, 0) is 12.1 Å². The van der Waals surface area contributed by atoms with Crippen molar-refractivity contribution >= 4 is 44.2 Å². The molecule has 0 spiro atoms. The molecule has 0 fully saturated rings. The minimum Gasteiger partial charge on any atom is -0.289 e. The van der Waals surface area contributed by atoms with Crippen molar-refractivity contribution in [2.75, 3.05) is 0 Å². The lowest BCUT2D eigenvalue weighted by molar-refractivity contribution is -0.384. The molecule has 0 radical (unpaired) electrons. The SMILES string of the molecule is O=[N+]([O-])c1cc(Br)ccc1-n1ccnc1I. The number of nitro benzene ring substituents is 1. The first-order chi connectivity index (χ1) is 7.59. The predicted molar refractivity (Wildman–Crippen MR) is 70.6 cm³/mol. The maximum Gasteiger partial charge on any atom is 0.294 e. The molecule has 7 heteroatoms. The molecule has 5 nitrogen and oxygen atoms in total. The maximum absolute atomic E-state index is 10.9. The van der Waals surface area contributed by atoms with Gasteiger partial charge >= 0.3 is 0 Å². The van der Waals surface area contributed by atoms with E-state index in [4.69, 9.17) is 0 Å². The van der Waals surface area contributed by atoms with Crippen LogP contribution in [0.15, 0.2) is 35.1 Å². The summed E-state index contributed by atoms with van der Waals surface area (Å²) in [6.45, 7) is 0. The van der Waals surface area contributed by atoms with E-state index >= 15 is 0 Å². The van der Waals surface area contributed by atoms with Crippen molar-refractivity contribution in [3.8, 4) is 5.69 Å². The third kappa shape index (κ3) is 2.09. The molecule has 0 amide bonds. The number of hydrogen-bond acceptors (Lipinski definition) is 3. The second-order valence-electron chi connectivity index (χ2n) is 2.96. The van der Waals surface area contributed by atoms with E-state index in [0.29, 0.717) is 14.0 Å². The van der Waals surface area contributed by atoms with Crippen molar-refractivity contribution in [2.45, 2.75) is 0 Å². The van der Waals surface area contributed by atoms with Crippen LogP contribution in [0.5, 0.6) is 0 Å². The molecular formula is C9H5BrIN3O2. The molecule has 0 aliphatic carbocycles. The molecule has 0 aliphatic rings. The summed E-state index contributed by atoms with van der Waals surface area (Å²) in [7, 11) is 0. The molecule has 0 unspecified atom stereocenters. The van der Waals surface area contributed by atoms with Crippen LogP contribution >= 0.6 is 38.5 Å². The Bertz CT molecular complexity index is 555. The van der Waals surface area contributed by atoms with E-state index < -0.39 is 4.92 Å². The molecule has 1 aromatic heterocycles. The Morgan fingerprint density at radius 3 is 2.81 bits per heavy atom. The highest BCUT2D eigenvalue weighted by molar-refractivity contribution is 14.1. The third-order valence-electron chi connectivity index (χ3n) is 1.99. The second kappa shape index (κ2) is 4.50. The zero-order chi connectivity index (χ0) is 11.7. The van der Waals surface area contributed by atoms with Crippen molar-refractivity contribution < 1.29 is 4.92 Å². The number of imidazole rings is 1. The van der Waals surface area contributed by atoms with Gasteiger partial charge in [0.2, 0.25) is 0 Å². The van der Waals surface area contributed by atoms with Crippen LogP contribution in [-0.2, 0) is 0 Å². The maximum atomic E-state index is 10.9. The van der Waals surface area contributed by atoms with Crippen molar-refractivity contribution in [3.63, 3.8) is 0 Å². The highest BCUT2D eigenvalue weighted by atomic mass is 127. The lowest BCUT2D eigenvalue weighted by Gasteiger charge is -2.05. The van der Waals surface area contributed by atoms with Gasteiger partial charge in [-0.25, -0.2) is 4.98 Å². The molecule has 2 aromatic rings. The van der Waals surface area contributed by atoms with Gasteiger partial charge in [0.15, 0.2) is 3.83 Å². The van der Waals surface area contributed by atoms with E-state index in [-0.39, 0.29) is 5.69 Å². The normalized spacial score (nSPS) is 10.4. The van der Waals surface area contributed by atoms with Gasteiger partial charge < -0.3 is 0 Å². The summed E-state index contributed by atoms with van der Waals surface area (Å²) in [6, 6.07) is 4.93. The summed E-state index contributed by atoms with van der Waals surface area (Å²) < 4.78 is 3.03. The third-order valence-corrected chi connectivity index (χ3v) is 3.28. The zero-order valence-electron chi connectivity index (χ0n) is 7.80. The van der Waals surface area contributed by atoms with Gasteiger partial charge in [-0.1, -0.05) is 15.9 Å². The fourth-order valence-corrected chi connectivity index (χ4v) is 2.24. The van der Waals surface area contributed by atoms with Crippen LogP contribution in [0.1, 0.15) is 0 Å². The van der Waals surface area contributed by atoms with Crippen LogP contribution in [0.3, 0.4) is 0 Å². The van der Waals surface area contributed by atoms with Gasteiger partial charge in [0.1, 0.15) is 5.69 Å². The Balaban J connectivity index is 2.65. The van der Waals surface area contributed by atoms with Gasteiger partial charge in [-0.2, -0.15) is 0 Å². The summed E-state index contributed by atoms with van der Waals surface area (Å²) in [5, 5.41) is 10.9. The smallest absolute Gasteiger partial charge is 0.289 e. The molecule has 0 N–H and O–H groups in total. The van der Waals surface area contributed by atoms with E-state index in [1.54, 1.807) is 29.1 Å². The van der Waals surface area contributed by atoms with Crippen molar-refractivity contribution in [1.82, 2.24) is 9.55 Å². The molecule has 0 aliphatic heterocycles. The second-order valence-corrected chi connectivity index (χ2v) is 4.84. The Kier molecular flexibility index (Phi) is 3.24. The van der Waals surface area contributed by atoms with E-state index in [2.05, 4.69) is 20.9 Å². The number of hydrogen-bond donors (Lipinski definition) is 0. The lowest BCUT2D eigenvalue weighted by atomic mass is 10.2. The summed E-state index contributed by atoms with van der Waals surface area (Å²) in [4.78, 5) is 14.6. The van der Waals surface area contributed by atoms with E-state index in [1.165, 1.54) is 6.07 Å². The average molecular weight is 394 g/mol. The van der Waals surface area contributed by atoms with Crippen molar-refractivity contribution in [3.05, 3.63) is 49.0 Å². The molecule has 1 aromatic carbocycles. The minimum absolute atomic E-state index is 0.0466. The molecule has 16 heavy (non-hydrogen) atoms. The molecule has 1 heterocycles. The van der Waals surface area contributed by atoms with Gasteiger partial charge in [0.25, 0.3) is 5.69 Å². The topological polar surface area (TPSA) is 61.0 Å². The van der Waals surface area contributed by atoms with Crippen LogP contribution < -0.4 is 0 Å². The van der Waals surface area contributed by atoms with Crippen molar-refractivity contribution in [2.24, 2.45) is 0 Å². The minimum atomic E-state index is -0.407. The number of rotatable bonds is 2. The number of halogens is 2. The van der Waals surface area contributed by atoms with Crippen LogP contribution in [0.4, 0.5) is 5.69 Å². The van der Waals surface area contributed by atoms with Crippen LogP contribution in [0.2, 0.25) is 0 Å². The van der Waals surface area contributed by atoms with Gasteiger partial charge in [0.05, 0.1) is 4.92 Å². The first-order valence-electron chi connectivity index (χ1n) is 4.23. The Morgan fingerprint density at radius 1 is 1.50 bits per heavy atom. The fraction of sp³-hybridized carbons (Fsp3) is 0. The molecule has 0 atom stereocenters. The highest BCUT2D eigenvalue weighted by Crippen LogP contribution is 2.27. The first kappa shape index (κ1) is 11.5. The van der Waals surface area contributed by atoms with E-state index in [1.807, 2.05) is 22.6 Å². The Hall–Kier alpha value is -0.960. The average Bonchev–Trinajstić information content (AvgIpc) is 2.64. The number of benzene rings is 1. The van der Waals surface area contributed by atoms with Crippen LogP contribution in [-0.4, -0.2) is 14.5 Å². The standard InChI is InChI=1S/C9H5BrIN3O2/c10-6-1-2-7(8(5-6)14(15)16)13-4-3-12-9(13)11/h1-5H. The van der Waals surface area contributed by atoms with Gasteiger partial charge in [0, 0.05) is 45.5 Å². The van der Waals surface area contributed by atoms with Gasteiger partial charge in [-0.3, -0.25) is 14.7 Å². The van der Waals surface area contributed by atoms with Crippen molar-refractivity contribution in [1.29, 1.82) is 0 Å². The summed E-state index contributed by atoms with van der Waals surface area (Å²) in [5.41, 5.74) is 0.556. The molecule has 2 rings (SSSR count). The Morgan fingerprint density at radius 2 is 2.25 bits per heavy atom. The summed E-state index contributed by atoms with van der Waals surface area (Å²) >= 11 is 5.24. The number of nitrogens with zero attached hydrogens (tertiary/aromatic N) is 3. The summed E-state index contributed by atoms with van der Waals surface area (Å²) in [5.74, 6) is 0. The number of nitro groups is 1. The highest BCUT2D eigenvalue weighted by Gasteiger charge is 2.16. The molecule has 0 saturated heterocycles. The van der Waals surface area contributed by atoms with E-state index in [0.717, 1.165) is 0 Å². The zero-order valence-corrected chi connectivity index (χ0v) is 11.5. The summed E-state index contributed by atoms with van der Waals surface area (Å²) in [6.07, 6.45) is 3.30. The fourth-order valence-electron chi connectivity index (χ4n) is 1.31. The number of aromatic nitrogens is 2. The monoisotopic (exact) mass is 393 g/mol. The predicted octanol–water partition coefficient (Wildman–Crippen LogP) is 3.15. The molecule has 82 valence electrons. The quantitative estimate of drug-likeness (QED) is 0.447. The Labute approximate surface area is 113 Å². The van der Waals surface area contributed by atoms with Gasteiger partial charge in [-0.15, -0.1) is 0 Å². The molecular weight excluding hydrogens is 389 g/mol. The largest absolute Gasteiger partial charge is 0.294 e. The molecule has 0 saturated carbocycles. The lowest BCUT2D eigenvalue weighted by Crippen LogP contribution is -2.01. The van der Waals surface area contributed by atoms with Crippen LogP contribution in [0, 0.1) is 13.9 Å². The first-order valence-corrected chi connectivity index (χ1v) is 6.10.